The molecule has 4 nitrogen and oxygen atoms in total. The molecule has 0 heterocycles. The highest BCUT2D eigenvalue weighted by molar-refractivity contribution is 6.04. The molecule has 0 spiro atoms. The van der Waals surface area contributed by atoms with E-state index in [0.717, 1.165) is 16.7 Å². The van der Waals surface area contributed by atoms with E-state index in [4.69, 9.17) is 5.73 Å². The summed E-state index contributed by atoms with van der Waals surface area (Å²) in [6, 6.07) is 24.5. The number of carbonyl (C=O) groups is 2. The molecule has 0 aliphatic rings. The number of primary amides is 1. The number of amides is 2. The van der Waals surface area contributed by atoms with Crippen molar-refractivity contribution in [2.45, 2.75) is 6.42 Å². The predicted molar refractivity (Wildman–Crippen MR) is 99.2 cm³/mol. The number of rotatable bonds is 5. The van der Waals surface area contributed by atoms with Gasteiger partial charge in [-0.15, -0.1) is 0 Å². The van der Waals surface area contributed by atoms with Crippen molar-refractivity contribution in [3.63, 3.8) is 0 Å². The van der Waals surface area contributed by atoms with Crippen molar-refractivity contribution >= 4 is 17.5 Å². The molecule has 0 aliphatic heterocycles. The highest BCUT2D eigenvalue weighted by Crippen LogP contribution is 2.20. The first-order valence-corrected chi connectivity index (χ1v) is 7.96. The lowest BCUT2D eigenvalue weighted by atomic mass is 10.0. The molecule has 3 rings (SSSR count). The van der Waals surface area contributed by atoms with Gasteiger partial charge in [0.25, 0.3) is 5.91 Å². The van der Waals surface area contributed by atoms with E-state index in [1.165, 1.54) is 0 Å². The van der Waals surface area contributed by atoms with Crippen molar-refractivity contribution in [3.8, 4) is 11.1 Å². The molecular formula is C21H18N2O2. The minimum Gasteiger partial charge on any atom is -0.369 e. The number of anilines is 1. The van der Waals surface area contributed by atoms with Gasteiger partial charge in [-0.05, 0) is 41.0 Å². The fourth-order valence-corrected chi connectivity index (χ4v) is 2.56. The van der Waals surface area contributed by atoms with Crippen LogP contribution in [-0.2, 0) is 11.2 Å². The van der Waals surface area contributed by atoms with E-state index in [1.807, 2.05) is 42.5 Å². The number of hydrogen-bond acceptors (Lipinski definition) is 2. The number of hydrogen-bond donors (Lipinski definition) is 2. The summed E-state index contributed by atoms with van der Waals surface area (Å²) in [6.07, 6.45) is 0.190. The second-order valence-corrected chi connectivity index (χ2v) is 5.74. The molecule has 0 unspecified atom stereocenters. The van der Waals surface area contributed by atoms with Crippen LogP contribution in [0.25, 0.3) is 11.1 Å². The SMILES string of the molecule is NC(=O)Cc1ccc(NC(=O)c2ccc(-c3ccccc3)cc2)cc1. The Bertz CT molecular complexity index is 870. The van der Waals surface area contributed by atoms with E-state index in [2.05, 4.69) is 5.32 Å². The lowest BCUT2D eigenvalue weighted by molar-refractivity contribution is -0.117. The Morgan fingerprint density at radius 2 is 1.36 bits per heavy atom. The van der Waals surface area contributed by atoms with Gasteiger partial charge in [0.05, 0.1) is 6.42 Å². The molecule has 0 saturated heterocycles. The Hall–Kier alpha value is -3.40. The van der Waals surface area contributed by atoms with Crippen LogP contribution in [-0.4, -0.2) is 11.8 Å². The first kappa shape index (κ1) is 16.5. The zero-order valence-electron chi connectivity index (χ0n) is 13.6. The van der Waals surface area contributed by atoms with E-state index >= 15 is 0 Å². The lowest BCUT2D eigenvalue weighted by Gasteiger charge is -2.07. The zero-order valence-corrected chi connectivity index (χ0v) is 13.6. The quantitative estimate of drug-likeness (QED) is 0.750. The van der Waals surface area contributed by atoms with Crippen molar-refractivity contribution < 1.29 is 9.59 Å². The molecule has 124 valence electrons. The molecule has 4 heteroatoms. The average molecular weight is 330 g/mol. The third-order valence-corrected chi connectivity index (χ3v) is 3.84. The Kier molecular flexibility index (Phi) is 4.90. The van der Waals surface area contributed by atoms with Gasteiger partial charge in [-0.3, -0.25) is 9.59 Å². The topological polar surface area (TPSA) is 72.2 Å². The highest BCUT2D eigenvalue weighted by Gasteiger charge is 2.07. The van der Waals surface area contributed by atoms with E-state index in [9.17, 15) is 9.59 Å². The molecule has 2 amide bonds. The van der Waals surface area contributed by atoms with Gasteiger partial charge >= 0.3 is 0 Å². The first-order chi connectivity index (χ1) is 12.1. The summed E-state index contributed by atoms with van der Waals surface area (Å²) in [4.78, 5) is 23.2. The van der Waals surface area contributed by atoms with Crippen LogP contribution in [0.3, 0.4) is 0 Å². The summed E-state index contributed by atoms with van der Waals surface area (Å²) < 4.78 is 0. The Morgan fingerprint density at radius 3 is 1.96 bits per heavy atom. The Labute approximate surface area is 146 Å². The summed E-state index contributed by atoms with van der Waals surface area (Å²) in [5.74, 6) is -0.558. The largest absolute Gasteiger partial charge is 0.369 e. The van der Waals surface area contributed by atoms with Crippen molar-refractivity contribution in [2.24, 2.45) is 5.73 Å². The molecule has 25 heavy (non-hydrogen) atoms. The average Bonchev–Trinajstić information content (AvgIpc) is 2.64. The van der Waals surface area contributed by atoms with Gasteiger partial charge < -0.3 is 11.1 Å². The van der Waals surface area contributed by atoms with Crippen molar-refractivity contribution in [1.82, 2.24) is 0 Å². The van der Waals surface area contributed by atoms with Crippen LogP contribution < -0.4 is 11.1 Å². The normalized spacial score (nSPS) is 10.2. The summed E-state index contributed by atoms with van der Waals surface area (Å²) in [7, 11) is 0. The summed E-state index contributed by atoms with van der Waals surface area (Å²) in [6.45, 7) is 0. The van der Waals surface area contributed by atoms with Gasteiger partial charge in [0.1, 0.15) is 0 Å². The van der Waals surface area contributed by atoms with E-state index < -0.39 is 0 Å². The van der Waals surface area contributed by atoms with E-state index in [0.29, 0.717) is 11.3 Å². The maximum absolute atomic E-state index is 12.3. The molecule has 3 aromatic rings. The highest BCUT2D eigenvalue weighted by atomic mass is 16.2. The predicted octanol–water partition coefficient (Wildman–Crippen LogP) is 3.63. The third-order valence-electron chi connectivity index (χ3n) is 3.84. The lowest BCUT2D eigenvalue weighted by Crippen LogP contribution is -2.14. The third kappa shape index (κ3) is 4.32. The smallest absolute Gasteiger partial charge is 0.255 e. The van der Waals surface area contributed by atoms with Crippen LogP contribution in [0.2, 0.25) is 0 Å². The van der Waals surface area contributed by atoms with Crippen molar-refractivity contribution in [2.75, 3.05) is 5.32 Å². The van der Waals surface area contributed by atoms with Gasteiger partial charge in [0, 0.05) is 11.3 Å². The molecule has 0 fully saturated rings. The van der Waals surface area contributed by atoms with Crippen LogP contribution in [0, 0.1) is 0 Å². The maximum atomic E-state index is 12.3. The van der Waals surface area contributed by atoms with Crippen molar-refractivity contribution in [1.29, 1.82) is 0 Å². The monoisotopic (exact) mass is 330 g/mol. The molecule has 3 aromatic carbocycles. The van der Waals surface area contributed by atoms with Gasteiger partial charge in [0.15, 0.2) is 0 Å². The van der Waals surface area contributed by atoms with Gasteiger partial charge in [-0.2, -0.15) is 0 Å². The van der Waals surface area contributed by atoms with Gasteiger partial charge in [0.2, 0.25) is 5.91 Å². The number of nitrogens with two attached hydrogens (primary N) is 1. The second kappa shape index (κ2) is 7.45. The molecule has 0 radical (unpaired) electrons. The van der Waals surface area contributed by atoms with Gasteiger partial charge in [-0.1, -0.05) is 54.6 Å². The van der Waals surface area contributed by atoms with Gasteiger partial charge in [-0.25, -0.2) is 0 Å². The molecule has 0 bridgehead atoms. The summed E-state index contributed by atoms with van der Waals surface area (Å²) in [5.41, 5.74) is 9.41. The number of nitrogens with one attached hydrogen (secondary N) is 1. The second-order valence-electron chi connectivity index (χ2n) is 5.74. The minimum absolute atomic E-state index is 0.178. The first-order valence-electron chi connectivity index (χ1n) is 7.96. The van der Waals surface area contributed by atoms with E-state index in [1.54, 1.807) is 36.4 Å². The molecule has 0 saturated carbocycles. The van der Waals surface area contributed by atoms with Crippen LogP contribution in [0.4, 0.5) is 5.69 Å². The van der Waals surface area contributed by atoms with Crippen LogP contribution in [0.15, 0.2) is 78.9 Å². The van der Waals surface area contributed by atoms with Crippen molar-refractivity contribution in [3.05, 3.63) is 90.0 Å². The van der Waals surface area contributed by atoms with E-state index in [-0.39, 0.29) is 18.2 Å². The zero-order chi connectivity index (χ0) is 17.6. The molecule has 0 aromatic heterocycles. The Morgan fingerprint density at radius 1 is 0.760 bits per heavy atom. The fourth-order valence-electron chi connectivity index (χ4n) is 2.56. The fraction of sp³-hybridized carbons (Fsp3) is 0.0476. The molecule has 0 aliphatic carbocycles. The summed E-state index contributed by atoms with van der Waals surface area (Å²) in [5, 5.41) is 2.84. The molecule has 0 atom stereocenters. The molecule has 3 N–H and O–H groups in total. The van der Waals surface area contributed by atoms with Crippen LogP contribution in [0.5, 0.6) is 0 Å². The van der Waals surface area contributed by atoms with Crippen LogP contribution in [0.1, 0.15) is 15.9 Å². The number of carbonyl (C=O) groups excluding carboxylic acids is 2. The molecular weight excluding hydrogens is 312 g/mol. The summed E-state index contributed by atoms with van der Waals surface area (Å²) >= 11 is 0. The maximum Gasteiger partial charge on any atom is 0.255 e. The minimum atomic E-state index is -0.379. The standard InChI is InChI=1S/C21H18N2O2/c22-20(24)14-15-6-12-19(13-7-15)23-21(25)18-10-8-17(9-11-18)16-4-2-1-3-5-16/h1-13H,14H2,(H2,22,24)(H,23,25). The number of benzene rings is 3. The van der Waals surface area contributed by atoms with Crippen LogP contribution >= 0.6 is 0 Å². The Balaban J connectivity index is 1.68.